The smallest absolute Gasteiger partial charge is 0.226 e. The van der Waals surface area contributed by atoms with Gasteiger partial charge in [-0.2, -0.15) is 10.1 Å². The first-order valence-corrected chi connectivity index (χ1v) is 11.3. The van der Waals surface area contributed by atoms with Gasteiger partial charge in [-0.3, -0.25) is 0 Å². The maximum absolute atomic E-state index is 15.3. The lowest BCUT2D eigenvalue weighted by atomic mass is 9.84. The molecule has 1 N–H and O–H groups in total. The quantitative estimate of drug-likeness (QED) is 0.399. The minimum Gasteiger partial charge on any atom is -0.497 e. The molecule has 0 aliphatic carbocycles. The topological polar surface area (TPSA) is 70.4 Å². The molecule has 0 fully saturated rings. The van der Waals surface area contributed by atoms with Gasteiger partial charge in [0.1, 0.15) is 35.4 Å². The minimum atomic E-state index is -0.631. The highest BCUT2D eigenvalue weighted by Gasteiger charge is 2.42. The Balaban J connectivity index is 1.65. The molecule has 3 aromatic carbocycles. The molecule has 0 amide bonds. The first kappa shape index (κ1) is 21.5. The summed E-state index contributed by atoms with van der Waals surface area (Å²) < 4.78 is 34.6. The van der Waals surface area contributed by atoms with Gasteiger partial charge in [0, 0.05) is 33.4 Å². The van der Waals surface area contributed by atoms with Crippen molar-refractivity contribution in [1.82, 2.24) is 14.8 Å². The van der Waals surface area contributed by atoms with Crippen LogP contribution in [0.2, 0.25) is 5.02 Å². The number of rotatable bonds is 4. The summed E-state index contributed by atoms with van der Waals surface area (Å²) in [5, 5.41) is 8.36. The lowest BCUT2D eigenvalue weighted by molar-refractivity contribution is 0.217. The van der Waals surface area contributed by atoms with E-state index in [0.717, 1.165) is 22.4 Å². The predicted octanol–water partition coefficient (Wildman–Crippen LogP) is 5.65. The molecule has 2 aliphatic heterocycles. The van der Waals surface area contributed by atoms with E-state index in [1.54, 1.807) is 49.2 Å². The molecule has 4 aromatic rings. The van der Waals surface area contributed by atoms with Gasteiger partial charge in [0.15, 0.2) is 6.10 Å². The van der Waals surface area contributed by atoms with E-state index in [4.69, 9.17) is 25.8 Å². The van der Waals surface area contributed by atoms with E-state index >= 15 is 4.39 Å². The molecular formula is C26H20ClFN4O3. The third-order valence-electron chi connectivity index (χ3n) is 6.30. The van der Waals surface area contributed by atoms with E-state index in [9.17, 15) is 0 Å². The van der Waals surface area contributed by atoms with Crippen LogP contribution in [0.25, 0.3) is 5.70 Å². The molecule has 0 unspecified atom stereocenters. The van der Waals surface area contributed by atoms with Crippen LogP contribution in [-0.2, 0) is 0 Å². The summed E-state index contributed by atoms with van der Waals surface area (Å²) in [5.74, 6) is 1.99. The number of benzene rings is 3. The molecule has 0 radical (unpaired) electrons. The lowest BCUT2D eigenvalue weighted by Gasteiger charge is -2.39. The molecule has 3 heterocycles. The number of aromatic nitrogens is 3. The third-order valence-corrected chi connectivity index (χ3v) is 6.53. The lowest BCUT2D eigenvalue weighted by Crippen LogP contribution is -2.33. The van der Waals surface area contributed by atoms with Crippen LogP contribution >= 0.6 is 11.6 Å². The highest BCUT2D eigenvalue weighted by Crippen LogP contribution is 2.52. The van der Waals surface area contributed by atoms with Crippen molar-refractivity contribution in [2.75, 3.05) is 19.5 Å². The minimum absolute atomic E-state index is 0.356. The standard InChI is InChI=1S/C26H20ClFN4O3/c1-33-15-8-9-17(21(12-15)34-2)25-22-23(18-11-14(27)7-10-20(18)35-25)31-26-29-13-30-32(26)24(22)16-5-3-4-6-19(16)28/h3-13,24-25H,1-2H3,(H,29,30,31)/t24-,25+/m0/s1. The van der Waals surface area contributed by atoms with Crippen molar-refractivity contribution >= 4 is 23.2 Å². The fourth-order valence-electron chi connectivity index (χ4n) is 4.73. The molecule has 0 saturated carbocycles. The van der Waals surface area contributed by atoms with Crippen molar-refractivity contribution in [3.8, 4) is 17.2 Å². The second-order valence-corrected chi connectivity index (χ2v) is 8.59. The van der Waals surface area contributed by atoms with Gasteiger partial charge < -0.3 is 19.5 Å². The average Bonchev–Trinajstić information content (AvgIpc) is 3.36. The summed E-state index contributed by atoms with van der Waals surface area (Å²) >= 11 is 6.37. The summed E-state index contributed by atoms with van der Waals surface area (Å²) in [6.45, 7) is 0. The molecule has 9 heteroatoms. The Hall–Kier alpha value is -4.04. The van der Waals surface area contributed by atoms with Crippen LogP contribution in [0, 0.1) is 5.82 Å². The number of nitrogens with one attached hydrogen (secondary N) is 1. The molecule has 2 atom stereocenters. The zero-order chi connectivity index (χ0) is 24.1. The summed E-state index contributed by atoms with van der Waals surface area (Å²) in [5.41, 5.74) is 3.46. The van der Waals surface area contributed by atoms with E-state index in [0.29, 0.717) is 33.8 Å². The van der Waals surface area contributed by atoms with Crippen LogP contribution in [0.15, 0.2) is 72.6 Å². The fourth-order valence-corrected chi connectivity index (χ4v) is 4.90. The average molecular weight is 491 g/mol. The molecule has 176 valence electrons. The van der Waals surface area contributed by atoms with Crippen molar-refractivity contribution in [1.29, 1.82) is 0 Å². The van der Waals surface area contributed by atoms with E-state index in [-0.39, 0.29) is 5.82 Å². The Morgan fingerprint density at radius 1 is 1.03 bits per heavy atom. The number of hydrogen-bond acceptors (Lipinski definition) is 6. The maximum Gasteiger partial charge on any atom is 0.226 e. The first-order chi connectivity index (χ1) is 17.1. The van der Waals surface area contributed by atoms with Crippen molar-refractivity contribution in [3.05, 3.63) is 100 Å². The number of hydrogen-bond donors (Lipinski definition) is 1. The molecule has 1 aromatic heterocycles. The van der Waals surface area contributed by atoms with Gasteiger partial charge in [0.25, 0.3) is 0 Å². The zero-order valence-electron chi connectivity index (χ0n) is 18.8. The monoisotopic (exact) mass is 490 g/mol. The molecule has 2 aliphatic rings. The molecule has 0 spiro atoms. The first-order valence-electron chi connectivity index (χ1n) is 10.9. The van der Waals surface area contributed by atoms with Gasteiger partial charge in [0.2, 0.25) is 5.95 Å². The second-order valence-electron chi connectivity index (χ2n) is 8.15. The van der Waals surface area contributed by atoms with Gasteiger partial charge in [-0.05, 0) is 36.4 Å². The fraction of sp³-hybridized carbons (Fsp3) is 0.154. The van der Waals surface area contributed by atoms with Gasteiger partial charge in [-0.25, -0.2) is 9.07 Å². The Morgan fingerprint density at radius 3 is 2.69 bits per heavy atom. The summed E-state index contributed by atoms with van der Waals surface area (Å²) in [6, 6.07) is 17.0. The molecular weight excluding hydrogens is 471 g/mol. The maximum atomic E-state index is 15.3. The van der Waals surface area contributed by atoms with Crippen LogP contribution in [0.5, 0.6) is 17.2 Å². The van der Waals surface area contributed by atoms with Crippen molar-refractivity contribution in [2.24, 2.45) is 0 Å². The van der Waals surface area contributed by atoms with E-state index in [2.05, 4.69) is 15.4 Å². The van der Waals surface area contributed by atoms with Crippen molar-refractivity contribution in [3.63, 3.8) is 0 Å². The predicted molar refractivity (Wildman–Crippen MR) is 129 cm³/mol. The zero-order valence-corrected chi connectivity index (χ0v) is 19.6. The van der Waals surface area contributed by atoms with Crippen molar-refractivity contribution in [2.45, 2.75) is 12.1 Å². The second kappa shape index (κ2) is 8.32. The van der Waals surface area contributed by atoms with Gasteiger partial charge >= 0.3 is 0 Å². The number of nitrogens with zero attached hydrogens (tertiary/aromatic N) is 3. The van der Waals surface area contributed by atoms with Crippen LogP contribution in [0.1, 0.15) is 28.8 Å². The van der Waals surface area contributed by atoms with Crippen LogP contribution in [-0.4, -0.2) is 29.0 Å². The SMILES string of the molecule is COc1ccc([C@H]2Oc3ccc(Cl)cc3C3=C2[C@H](c2ccccc2F)n2ncnc2N3)c(OC)c1. The largest absolute Gasteiger partial charge is 0.497 e. The van der Waals surface area contributed by atoms with Gasteiger partial charge in [-0.15, -0.1) is 0 Å². The Labute approximate surface area is 205 Å². The number of halogens is 2. The summed E-state index contributed by atoms with van der Waals surface area (Å²) in [7, 11) is 3.19. The van der Waals surface area contributed by atoms with Crippen LogP contribution in [0.3, 0.4) is 0 Å². The number of methoxy groups -OCH3 is 2. The molecule has 7 nitrogen and oxygen atoms in total. The highest BCUT2D eigenvalue weighted by molar-refractivity contribution is 6.30. The highest BCUT2D eigenvalue weighted by atomic mass is 35.5. The number of ether oxygens (including phenoxy) is 3. The Morgan fingerprint density at radius 2 is 1.89 bits per heavy atom. The third kappa shape index (κ3) is 3.40. The van der Waals surface area contributed by atoms with Gasteiger partial charge in [-0.1, -0.05) is 29.8 Å². The van der Waals surface area contributed by atoms with Crippen molar-refractivity contribution < 1.29 is 18.6 Å². The summed E-state index contributed by atoms with van der Waals surface area (Å²) in [4.78, 5) is 4.37. The van der Waals surface area contributed by atoms with E-state index in [1.165, 1.54) is 12.4 Å². The summed E-state index contributed by atoms with van der Waals surface area (Å²) in [6.07, 6.45) is 0.811. The Bertz CT molecular complexity index is 1490. The van der Waals surface area contributed by atoms with Crippen LogP contribution < -0.4 is 19.5 Å². The molecule has 0 saturated heterocycles. The number of anilines is 1. The molecule has 35 heavy (non-hydrogen) atoms. The number of fused-ring (bicyclic) bond motifs is 3. The Kier molecular flexibility index (Phi) is 5.11. The molecule has 6 rings (SSSR count). The van der Waals surface area contributed by atoms with E-state index in [1.807, 2.05) is 24.3 Å². The van der Waals surface area contributed by atoms with E-state index < -0.39 is 12.1 Å². The van der Waals surface area contributed by atoms with Crippen LogP contribution in [0.4, 0.5) is 10.3 Å². The normalized spacial score (nSPS) is 18.1. The molecule has 0 bridgehead atoms. The van der Waals surface area contributed by atoms with Gasteiger partial charge in [0.05, 0.1) is 19.9 Å².